The Labute approximate surface area is 115 Å². The first-order chi connectivity index (χ1) is 9.33. The van der Waals surface area contributed by atoms with E-state index >= 15 is 0 Å². The predicted molar refractivity (Wildman–Crippen MR) is 75.9 cm³/mol. The molecule has 19 heavy (non-hydrogen) atoms. The van der Waals surface area contributed by atoms with Gasteiger partial charge in [-0.05, 0) is 37.9 Å². The van der Waals surface area contributed by atoms with Crippen molar-refractivity contribution in [2.24, 2.45) is 0 Å². The van der Waals surface area contributed by atoms with E-state index in [1.165, 1.54) is 25.9 Å². The van der Waals surface area contributed by atoms with E-state index in [0.717, 1.165) is 25.1 Å². The minimum atomic E-state index is 0.285. The van der Waals surface area contributed by atoms with Gasteiger partial charge in [-0.1, -0.05) is 30.3 Å². The Morgan fingerprint density at radius 1 is 1.11 bits per heavy atom. The fraction of sp³-hybridized carbons (Fsp3) is 0.562. The highest BCUT2D eigenvalue weighted by Gasteiger charge is 2.31. The quantitative estimate of drug-likeness (QED) is 0.827. The maximum absolute atomic E-state index is 12.3. The number of hydrogen-bond acceptors (Lipinski definition) is 2. The molecule has 1 aromatic carbocycles. The molecule has 2 aliphatic heterocycles. The van der Waals surface area contributed by atoms with Crippen LogP contribution in [0.1, 0.15) is 24.8 Å². The average molecular weight is 258 g/mol. The lowest BCUT2D eigenvalue weighted by Gasteiger charge is -2.23. The summed E-state index contributed by atoms with van der Waals surface area (Å²) in [6.45, 7) is 4.33. The van der Waals surface area contributed by atoms with Crippen molar-refractivity contribution in [1.82, 2.24) is 9.80 Å². The number of carbonyl (C=O) groups excluding carboxylic acids is 1. The molecule has 3 heteroatoms. The molecule has 0 radical (unpaired) electrons. The Hall–Kier alpha value is -1.35. The van der Waals surface area contributed by atoms with E-state index < -0.39 is 0 Å². The van der Waals surface area contributed by atoms with Crippen molar-refractivity contribution in [1.29, 1.82) is 0 Å². The van der Waals surface area contributed by atoms with Gasteiger partial charge in [-0.3, -0.25) is 9.69 Å². The van der Waals surface area contributed by atoms with Gasteiger partial charge in [-0.25, -0.2) is 0 Å². The van der Waals surface area contributed by atoms with Gasteiger partial charge in [0.1, 0.15) is 0 Å². The third-order valence-electron chi connectivity index (χ3n) is 4.37. The van der Waals surface area contributed by atoms with E-state index in [0.29, 0.717) is 12.5 Å². The van der Waals surface area contributed by atoms with Crippen molar-refractivity contribution in [3.05, 3.63) is 35.9 Å². The Bertz CT molecular complexity index is 426. The lowest BCUT2D eigenvalue weighted by atomic mass is 10.1. The summed E-state index contributed by atoms with van der Waals surface area (Å²) in [7, 11) is 0. The molecule has 3 nitrogen and oxygen atoms in total. The van der Waals surface area contributed by atoms with Gasteiger partial charge in [0.25, 0.3) is 0 Å². The summed E-state index contributed by atoms with van der Waals surface area (Å²) in [4.78, 5) is 16.9. The highest BCUT2D eigenvalue weighted by atomic mass is 16.2. The fourth-order valence-electron chi connectivity index (χ4n) is 3.26. The van der Waals surface area contributed by atoms with E-state index in [2.05, 4.69) is 9.80 Å². The molecule has 3 rings (SSSR count). The summed E-state index contributed by atoms with van der Waals surface area (Å²) in [6, 6.07) is 10.7. The van der Waals surface area contributed by atoms with Crippen LogP contribution in [0.3, 0.4) is 0 Å². The highest BCUT2D eigenvalue weighted by Crippen LogP contribution is 2.21. The van der Waals surface area contributed by atoms with Crippen LogP contribution in [0.5, 0.6) is 0 Å². The van der Waals surface area contributed by atoms with Crippen molar-refractivity contribution < 1.29 is 4.79 Å². The Morgan fingerprint density at radius 2 is 1.84 bits per heavy atom. The predicted octanol–water partition coefficient (Wildman–Crippen LogP) is 1.93. The van der Waals surface area contributed by atoms with Crippen LogP contribution in [0.4, 0.5) is 0 Å². The highest BCUT2D eigenvalue weighted by molar-refractivity contribution is 5.79. The van der Waals surface area contributed by atoms with Crippen LogP contribution < -0.4 is 0 Å². The second-order valence-corrected chi connectivity index (χ2v) is 5.69. The summed E-state index contributed by atoms with van der Waals surface area (Å²) in [5.74, 6) is 0.285. The molecule has 0 aromatic heterocycles. The van der Waals surface area contributed by atoms with Crippen molar-refractivity contribution in [2.45, 2.75) is 31.7 Å². The zero-order valence-corrected chi connectivity index (χ0v) is 11.4. The van der Waals surface area contributed by atoms with Crippen molar-refractivity contribution in [2.75, 3.05) is 26.2 Å². The minimum absolute atomic E-state index is 0.285. The zero-order chi connectivity index (χ0) is 13.1. The Balaban J connectivity index is 1.54. The van der Waals surface area contributed by atoms with Gasteiger partial charge >= 0.3 is 0 Å². The van der Waals surface area contributed by atoms with Crippen LogP contribution in [-0.2, 0) is 11.2 Å². The monoisotopic (exact) mass is 258 g/mol. The summed E-state index contributed by atoms with van der Waals surface area (Å²) < 4.78 is 0. The first-order valence-electron chi connectivity index (χ1n) is 7.39. The minimum Gasteiger partial charge on any atom is -0.341 e. The summed E-state index contributed by atoms with van der Waals surface area (Å²) >= 11 is 0. The summed E-state index contributed by atoms with van der Waals surface area (Å²) in [5, 5.41) is 0. The maximum Gasteiger partial charge on any atom is 0.227 e. The normalized spacial score (nSPS) is 24.0. The van der Waals surface area contributed by atoms with Gasteiger partial charge in [0, 0.05) is 19.1 Å². The molecule has 0 spiro atoms. The molecule has 102 valence electrons. The molecular formula is C16H22N2O. The van der Waals surface area contributed by atoms with Gasteiger partial charge < -0.3 is 4.90 Å². The molecule has 2 saturated heterocycles. The molecule has 2 aliphatic rings. The van der Waals surface area contributed by atoms with Gasteiger partial charge in [0.05, 0.1) is 6.42 Å². The van der Waals surface area contributed by atoms with Crippen LogP contribution >= 0.6 is 0 Å². The molecule has 0 saturated carbocycles. The van der Waals surface area contributed by atoms with Crippen molar-refractivity contribution in [3.8, 4) is 0 Å². The summed E-state index contributed by atoms with van der Waals surface area (Å²) in [6.07, 6.45) is 4.36. The Kier molecular flexibility index (Phi) is 3.83. The standard InChI is InChI=1S/C16H22N2O/c19-16(12-14-6-2-1-3-7-14)18-11-8-15(13-18)17-9-4-5-10-17/h1-3,6-7,15H,4-5,8-13H2. The van der Waals surface area contributed by atoms with Crippen LogP contribution in [-0.4, -0.2) is 47.9 Å². The van der Waals surface area contributed by atoms with Crippen LogP contribution in [0.15, 0.2) is 30.3 Å². The number of nitrogens with zero attached hydrogens (tertiary/aromatic N) is 2. The first-order valence-corrected chi connectivity index (χ1v) is 7.39. The lowest BCUT2D eigenvalue weighted by Crippen LogP contribution is -2.37. The molecule has 1 unspecified atom stereocenters. The number of benzene rings is 1. The third-order valence-corrected chi connectivity index (χ3v) is 4.37. The van der Waals surface area contributed by atoms with Crippen LogP contribution in [0.2, 0.25) is 0 Å². The largest absolute Gasteiger partial charge is 0.341 e. The first kappa shape index (κ1) is 12.7. The van der Waals surface area contributed by atoms with Crippen LogP contribution in [0, 0.1) is 0 Å². The third kappa shape index (κ3) is 2.98. The number of carbonyl (C=O) groups is 1. The molecular weight excluding hydrogens is 236 g/mol. The smallest absolute Gasteiger partial charge is 0.227 e. The van der Waals surface area contributed by atoms with Gasteiger partial charge in [-0.15, -0.1) is 0 Å². The molecule has 0 bridgehead atoms. The maximum atomic E-state index is 12.3. The van der Waals surface area contributed by atoms with E-state index in [1.54, 1.807) is 0 Å². The molecule has 0 N–H and O–H groups in total. The van der Waals surface area contributed by atoms with Gasteiger partial charge in [-0.2, -0.15) is 0 Å². The molecule has 1 atom stereocenters. The topological polar surface area (TPSA) is 23.6 Å². The number of rotatable bonds is 3. The van der Waals surface area contributed by atoms with Gasteiger partial charge in [0.15, 0.2) is 0 Å². The van der Waals surface area contributed by atoms with Crippen molar-refractivity contribution >= 4 is 5.91 Å². The van der Waals surface area contributed by atoms with E-state index in [4.69, 9.17) is 0 Å². The Morgan fingerprint density at radius 3 is 2.58 bits per heavy atom. The van der Waals surface area contributed by atoms with Crippen molar-refractivity contribution in [3.63, 3.8) is 0 Å². The van der Waals surface area contributed by atoms with Gasteiger partial charge in [0.2, 0.25) is 5.91 Å². The summed E-state index contributed by atoms with van der Waals surface area (Å²) in [5.41, 5.74) is 1.12. The second kappa shape index (κ2) is 5.74. The molecule has 2 heterocycles. The van der Waals surface area contributed by atoms with E-state index in [1.807, 2.05) is 30.3 Å². The number of likely N-dealkylation sites (tertiary alicyclic amines) is 2. The zero-order valence-electron chi connectivity index (χ0n) is 11.4. The van der Waals surface area contributed by atoms with Crippen LogP contribution in [0.25, 0.3) is 0 Å². The molecule has 1 amide bonds. The SMILES string of the molecule is O=C(Cc1ccccc1)N1CCC(N2CCCC2)C1. The van der Waals surface area contributed by atoms with E-state index in [-0.39, 0.29) is 5.91 Å². The second-order valence-electron chi connectivity index (χ2n) is 5.69. The average Bonchev–Trinajstić information content (AvgIpc) is 3.11. The lowest BCUT2D eigenvalue weighted by molar-refractivity contribution is -0.129. The number of hydrogen-bond donors (Lipinski definition) is 0. The molecule has 1 aromatic rings. The fourth-order valence-corrected chi connectivity index (χ4v) is 3.26. The molecule has 0 aliphatic carbocycles. The van der Waals surface area contributed by atoms with E-state index in [9.17, 15) is 4.79 Å². The molecule has 2 fully saturated rings. The number of amides is 1.